The van der Waals surface area contributed by atoms with Gasteiger partial charge in [0.1, 0.15) is 5.84 Å². The van der Waals surface area contributed by atoms with Crippen LogP contribution in [0.2, 0.25) is 0 Å². The van der Waals surface area contributed by atoms with Crippen LogP contribution in [-0.2, 0) is 4.74 Å². The molecule has 0 N–H and O–H groups in total. The van der Waals surface area contributed by atoms with Gasteiger partial charge in [-0.05, 0) is 49.7 Å². The van der Waals surface area contributed by atoms with Gasteiger partial charge in [0.05, 0.1) is 18.6 Å². The summed E-state index contributed by atoms with van der Waals surface area (Å²) in [6, 6.07) is 10.0. The molecule has 0 saturated heterocycles. The van der Waals surface area contributed by atoms with Crippen LogP contribution >= 0.6 is 0 Å². The van der Waals surface area contributed by atoms with E-state index in [1.807, 2.05) is 18.2 Å². The molecule has 3 rings (SSSR count). The number of hydrogen-bond donors (Lipinski definition) is 0. The average molecular weight is 395 g/mol. The zero-order valence-corrected chi connectivity index (χ0v) is 18.2. The first-order chi connectivity index (χ1) is 13.8. The molecule has 1 aliphatic rings. The molecule has 0 bridgehead atoms. The number of ether oxygens (including phenoxy) is 1. The van der Waals surface area contributed by atoms with Gasteiger partial charge in [0.15, 0.2) is 17.3 Å². The largest absolute Gasteiger partial charge is 0.463 e. The Bertz CT molecular complexity index is 934. The quantitative estimate of drug-likeness (QED) is 0.661. The minimum absolute atomic E-state index is 0.170. The fraction of sp³-hybridized carbons (Fsp3) is 0.435. The Labute approximate surface area is 173 Å². The topological polar surface area (TPSA) is 62.7 Å². The minimum Gasteiger partial charge on any atom is -0.463 e. The van der Waals surface area contributed by atoms with E-state index in [-0.39, 0.29) is 5.41 Å². The van der Waals surface area contributed by atoms with Crippen molar-refractivity contribution in [2.24, 2.45) is 20.4 Å². The van der Waals surface area contributed by atoms with E-state index in [9.17, 15) is 0 Å². The van der Waals surface area contributed by atoms with Crippen LogP contribution in [0.15, 0.2) is 56.0 Å². The highest BCUT2D eigenvalue weighted by atomic mass is 16.5. The fourth-order valence-electron chi connectivity index (χ4n) is 3.07. The number of benzene rings is 1. The van der Waals surface area contributed by atoms with Crippen LogP contribution < -0.4 is 4.90 Å². The zero-order chi connectivity index (χ0) is 21.0. The molecule has 1 aromatic heterocycles. The molecule has 0 aliphatic carbocycles. The summed E-state index contributed by atoms with van der Waals surface area (Å²) in [6.07, 6.45) is 1.64. The molecule has 154 valence electrons. The van der Waals surface area contributed by atoms with Crippen molar-refractivity contribution in [1.29, 1.82) is 0 Å². The monoisotopic (exact) mass is 394 g/mol. The molecular weight excluding hydrogens is 364 g/mol. The summed E-state index contributed by atoms with van der Waals surface area (Å²) in [5, 5.41) is 0. The molecule has 6 heteroatoms. The van der Waals surface area contributed by atoms with Gasteiger partial charge in [0.25, 0.3) is 0 Å². The lowest BCUT2D eigenvalue weighted by Gasteiger charge is -2.23. The van der Waals surface area contributed by atoms with Crippen molar-refractivity contribution in [3.63, 3.8) is 0 Å². The predicted molar refractivity (Wildman–Crippen MR) is 120 cm³/mol. The van der Waals surface area contributed by atoms with Crippen LogP contribution in [0.4, 0.5) is 11.4 Å². The Balaban J connectivity index is 1.95. The second-order valence-corrected chi connectivity index (χ2v) is 8.10. The normalized spacial score (nSPS) is 15.6. The van der Waals surface area contributed by atoms with Gasteiger partial charge in [0, 0.05) is 31.3 Å². The molecule has 0 saturated carbocycles. The lowest BCUT2D eigenvalue weighted by atomic mass is 9.95. The minimum atomic E-state index is -0.170. The van der Waals surface area contributed by atoms with Crippen molar-refractivity contribution in [2.45, 2.75) is 34.6 Å². The highest BCUT2D eigenvalue weighted by molar-refractivity contribution is 6.52. The third-order valence-electron chi connectivity index (χ3n) is 4.79. The Morgan fingerprint density at radius 1 is 1.17 bits per heavy atom. The molecule has 2 aromatic rings. The summed E-state index contributed by atoms with van der Waals surface area (Å²) in [7, 11) is 1.73. The Morgan fingerprint density at radius 2 is 1.97 bits per heavy atom. The van der Waals surface area contributed by atoms with Crippen LogP contribution in [0.5, 0.6) is 0 Å². The number of furan rings is 1. The highest BCUT2D eigenvalue weighted by Gasteiger charge is 2.29. The first-order valence-electron chi connectivity index (χ1n) is 9.98. The van der Waals surface area contributed by atoms with E-state index in [0.29, 0.717) is 23.9 Å². The van der Waals surface area contributed by atoms with E-state index >= 15 is 0 Å². The lowest BCUT2D eigenvalue weighted by Crippen LogP contribution is -2.26. The van der Waals surface area contributed by atoms with Crippen molar-refractivity contribution in [3.8, 4) is 0 Å². The van der Waals surface area contributed by atoms with Crippen molar-refractivity contribution in [1.82, 2.24) is 0 Å². The number of rotatable bonds is 7. The van der Waals surface area contributed by atoms with Gasteiger partial charge in [-0.3, -0.25) is 0 Å². The van der Waals surface area contributed by atoms with Crippen LogP contribution in [0, 0.1) is 12.3 Å². The van der Waals surface area contributed by atoms with Gasteiger partial charge < -0.3 is 14.1 Å². The summed E-state index contributed by atoms with van der Waals surface area (Å²) < 4.78 is 10.8. The molecule has 0 unspecified atom stereocenters. The van der Waals surface area contributed by atoms with E-state index in [4.69, 9.17) is 24.1 Å². The number of aryl methyl sites for hydroxylation is 1. The predicted octanol–water partition coefficient (Wildman–Crippen LogP) is 5.04. The van der Waals surface area contributed by atoms with E-state index < -0.39 is 0 Å². The molecule has 0 radical (unpaired) electrons. The molecule has 0 spiro atoms. The first-order valence-corrected chi connectivity index (χ1v) is 9.98. The van der Waals surface area contributed by atoms with Gasteiger partial charge in [-0.1, -0.05) is 20.8 Å². The number of likely N-dealkylation sites (N-methyl/N-ethyl adjacent to an activating group) is 1. The second kappa shape index (κ2) is 8.74. The van der Waals surface area contributed by atoms with Crippen molar-refractivity contribution in [2.75, 3.05) is 31.7 Å². The molecule has 0 atom stereocenters. The average Bonchev–Trinajstić information content (AvgIpc) is 3.33. The van der Waals surface area contributed by atoms with Gasteiger partial charge in [-0.2, -0.15) is 0 Å². The SMILES string of the molecule is CCN(CCOC)c1ccc(N=C2N=C(C(C)(C)C)N=C2c2ccco2)c(C)c1. The maximum Gasteiger partial charge on any atom is 0.184 e. The molecule has 0 fully saturated rings. The summed E-state index contributed by atoms with van der Waals surface area (Å²) in [5.41, 5.74) is 3.64. The Hall–Kier alpha value is -2.73. The van der Waals surface area contributed by atoms with Crippen LogP contribution in [-0.4, -0.2) is 44.2 Å². The van der Waals surface area contributed by atoms with E-state index in [1.165, 1.54) is 0 Å². The van der Waals surface area contributed by atoms with Gasteiger partial charge in [-0.15, -0.1) is 0 Å². The van der Waals surface area contributed by atoms with E-state index in [1.54, 1.807) is 13.4 Å². The summed E-state index contributed by atoms with van der Waals surface area (Å²) >= 11 is 0. The Morgan fingerprint density at radius 3 is 2.55 bits per heavy atom. The third kappa shape index (κ3) is 4.82. The maximum atomic E-state index is 5.58. The van der Waals surface area contributed by atoms with E-state index in [2.05, 4.69) is 51.7 Å². The van der Waals surface area contributed by atoms with Crippen molar-refractivity contribution < 1.29 is 9.15 Å². The molecular formula is C23H30N4O2. The number of nitrogens with zero attached hydrogens (tertiary/aromatic N) is 4. The fourth-order valence-corrected chi connectivity index (χ4v) is 3.07. The molecule has 1 aromatic carbocycles. The maximum absolute atomic E-state index is 5.58. The lowest BCUT2D eigenvalue weighted by molar-refractivity contribution is 0.205. The molecule has 0 amide bonds. The summed E-state index contributed by atoms with van der Waals surface area (Å²) in [6.45, 7) is 13.0. The molecule has 1 aliphatic heterocycles. The summed E-state index contributed by atoms with van der Waals surface area (Å²) in [4.78, 5) is 16.6. The number of hydrogen-bond acceptors (Lipinski definition) is 5. The number of amidine groups is 2. The van der Waals surface area contributed by atoms with Crippen LogP contribution in [0.3, 0.4) is 0 Å². The van der Waals surface area contributed by atoms with E-state index in [0.717, 1.165) is 35.9 Å². The van der Waals surface area contributed by atoms with Gasteiger partial charge in [0.2, 0.25) is 0 Å². The first kappa shape index (κ1) is 21.0. The Kier molecular flexibility index (Phi) is 6.33. The van der Waals surface area contributed by atoms with Gasteiger partial charge >= 0.3 is 0 Å². The standard InChI is InChI=1S/C23H30N4O2/c1-7-27(12-14-28-6)17-10-11-18(16(2)15-17)24-21-20(19-9-8-13-29-19)25-22(26-21)23(3,4)5/h8-11,13,15H,7,12,14H2,1-6H3. The summed E-state index contributed by atoms with van der Waals surface area (Å²) in [5.74, 6) is 2.03. The second-order valence-electron chi connectivity index (χ2n) is 8.10. The molecule has 29 heavy (non-hydrogen) atoms. The zero-order valence-electron chi connectivity index (χ0n) is 18.2. The highest BCUT2D eigenvalue weighted by Crippen LogP contribution is 2.28. The van der Waals surface area contributed by atoms with Crippen LogP contribution in [0.1, 0.15) is 39.0 Å². The number of aliphatic imine (C=N–C) groups is 3. The van der Waals surface area contributed by atoms with Gasteiger partial charge in [-0.25, -0.2) is 15.0 Å². The molecule has 6 nitrogen and oxygen atoms in total. The number of methoxy groups -OCH3 is 1. The smallest absolute Gasteiger partial charge is 0.184 e. The third-order valence-corrected chi connectivity index (χ3v) is 4.79. The van der Waals surface area contributed by atoms with Crippen molar-refractivity contribution >= 4 is 28.8 Å². The van der Waals surface area contributed by atoms with Crippen LogP contribution in [0.25, 0.3) is 0 Å². The van der Waals surface area contributed by atoms with Crippen molar-refractivity contribution in [3.05, 3.63) is 47.9 Å². The molecule has 2 heterocycles. The number of anilines is 1.